The maximum absolute atomic E-state index is 12.3. The molecule has 3 rings (SSSR count). The van der Waals surface area contributed by atoms with Gasteiger partial charge in [0.15, 0.2) is 0 Å². The molecule has 0 aliphatic carbocycles. The highest BCUT2D eigenvalue weighted by Crippen LogP contribution is 2.21. The number of nitrogens with zero attached hydrogens (tertiary/aromatic N) is 3. The van der Waals surface area contributed by atoms with Crippen molar-refractivity contribution in [3.63, 3.8) is 0 Å². The van der Waals surface area contributed by atoms with Crippen molar-refractivity contribution in [1.29, 1.82) is 0 Å². The highest BCUT2D eigenvalue weighted by atomic mass is 79.9. The molecule has 1 amide bonds. The molecule has 6 nitrogen and oxygen atoms in total. The van der Waals surface area contributed by atoms with Crippen LogP contribution >= 0.6 is 15.9 Å². The van der Waals surface area contributed by atoms with Crippen molar-refractivity contribution in [3.05, 3.63) is 76.3 Å². The molecule has 0 radical (unpaired) electrons. The first kappa shape index (κ1) is 17.0. The number of nitrogens with one attached hydrogen (secondary N) is 2. The monoisotopic (exact) mass is 397 g/mol. The predicted octanol–water partition coefficient (Wildman–Crippen LogP) is 3.62. The average molecular weight is 398 g/mol. The molecule has 0 unspecified atom stereocenters. The van der Waals surface area contributed by atoms with Crippen molar-refractivity contribution in [1.82, 2.24) is 20.3 Å². The molecule has 0 aliphatic heterocycles. The van der Waals surface area contributed by atoms with Gasteiger partial charge in [0, 0.05) is 35.3 Å². The second kappa shape index (κ2) is 7.85. The van der Waals surface area contributed by atoms with Crippen LogP contribution in [0.5, 0.6) is 0 Å². The summed E-state index contributed by atoms with van der Waals surface area (Å²) in [6.45, 7) is 2.39. The zero-order valence-corrected chi connectivity index (χ0v) is 15.1. The third-order valence-electron chi connectivity index (χ3n) is 3.48. The Morgan fingerprint density at radius 1 is 1.20 bits per heavy atom. The fourth-order valence-electron chi connectivity index (χ4n) is 2.17. The number of benzene rings is 1. The van der Waals surface area contributed by atoms with E-state index < -0.39 is 0 Å². The molecule has 0 aliphatic rings. The molecule has 126 valence electrons. The van der Waals surface area contributed by atoms with Crippen molar-refractivity contribution >= 4 is 33.5 Å². The van der Waals surface area contributed by atoms with Gasteiger partial charge < -0.3 is 10.6 Å². The van der Waals surface area contributed by atoms with E-state index in [1.165, 1.54) is 0 Å². The van der Waals surface area contributed by atoms with E-state index in [0.717, 1.165) is 21.3 Å². The second-order valence-electron chi connectivity index (χ2n) is 5.40. The first-order valence-corrected chi connectivity index (χ1v) is 8.44. The van der Waals surface area contributed by atoms with E-state index in [2.05, 4.69) is 41.5 Å². The number of carbonyl (C=O) groups is 1. The smallest absolute Gasteiger partial charge is 0.270 e. The molecule has 2 N–H and O–H groups in total. The number of pyridine rings is 1. The van der Waals surface area contributed by atoms with Crippen LogP contribution in [-0.2, 0) is 6.54 Å². The molecule has 0 saturated carbocycles. The molecule has 25 heavy (non-hydrogen) atoms. The zero-order chi connectivity index (χ0) is 17.6. The molecule has 0 fully saturated rings. The van der Waals surface area contributed by atoms with Crippen LogP contribution in [-0.4, -0.2) is 20.9 Å². The lowest BCUT2D eigenvalue weighted by Crippen LogP contribution is -2.24. The zero-order valence-electron chi connectivity index (χ0n) is 13.5. The van der Waals surface area contributed by atoms with E-state index in [1.807, 2.05) is 37.3 Å². The molecule has 0 bridgehead atoms. The van der Waals surface area contributed by atoms with E-state index >= 15 is 0 Å². The molecular weight excluding hydrogens is 382 g/mol. The lowest BCUT2D eigenvalue weighted by atomic mass is 10.2. The standard InChI is InChI=1S/C18H16BrN5O/c1-12-9-14(4-5-15(12)19)23-18-21-8-6-16(24-18)17(25)22-11-13-3-2-7-20-10-13/h2-10H,11H2,1H3,(H,22,25)(H,21,23,24). The maximum Gasteiger partial charge on any atom is 0.270 e. The van der Waals surface area contributed by atoms with Gasteiger partial charge in [-0.25, -0.2) is 9.97 Å². The minimum atomic E-state index is -0.263. The van der Waals surface area contributed by atoms with Gasteiger partial charge in [-0.05, 0) is 48.4 Å². The Balaban J connectivity index is 1.68. The normalized spacial score (nSPS) is 10.3. The van der Waals surface area contributed by atoms with Crippen LogP contribution < -0.4 is 10.6 Å². The van der Waals surface area contributed by atoms with Crippen molar-refractivity contribution < 1.29 is 4.79 Å². The fourth-order valence-corrected chi connectivity index (χ4v) is 2.42. The molecule has 2 aromatic heterocycles. The summed E-state index contributed by atoms with van der Waals surface area (Å²) in [5.41, 5.74) is 3.17. The van der Waals surface area contributed by atoms with Crippen LogP contribution in [0, 0.1) is 6.92 Å². The van der Waals surface area contributed by atoms with Gasteiger partial charge in [0.2, 0.25) is 5.95 Å². The maximum atomic E-state index is 12.3. The summed E-state index contributed by atoms with van der Waals surface area (Å²) in [4.78, 5) is 24.7. The molecule has 0 spiro atoms. The first-order chi connectivity index (χ1) is 12.1. The van der Waals surface area contributed by atoms with Crippen LogP contribution in [0.25, 0.3) is 0 Å². The Morgan fingerprint density at radius 3 is 2.84 bits per heavy atom. The van der Waals surface area contributed by atoms with E-state index in [1.54, 1.807) is 24.7 Å². The van der Waals surface area contributed by atoms with E-state index in [4.69, 9.17) is 0 Å². The number of carbonyl (C=O) groups excluding carboxylic acids is 1. The average Bonchev–Trinajstić information content (AvgIpc) is 2.64. The van der Waals surface area contributed by atoms with Crippen LogP contribution in [0.1, 0.15) is 21.6 Å². The van der Waals surface area contributed by atoms with Crippen LogP contribution in [0.15, 0.2) is 59.5 Å². The second-order valence-corrected chi connectivity index (χ2v) is 6.25. The number of hydrogen-bond acceptors (Lipinski definition) is 5. The van der Waals surface area contributed by atoms with Crippen LogP contribution in [0.3, 0.4) is 0 Å². The topological polar surface area (TPSA) is 79.8 Å². The van der Waals surface area contributed by atoms with E-state index in [9.17, 15) is 4.79 Å². The van der Waals surface area contributed by atoms with Gasteiger partial charge in [-0.15, -0.1) is 0 Å². The molecule has 3 aromatic rings. The summed E-state index contributed by atoms with van der Waals surface area (Å²) in [6.07, 6.45) is 4.96. The third-order valence-corrected chi connectivity index (χ3v) is 4.37. The Hall–Kier alpha value is -2.80. The Bertz CT molecular complexity index is 886. The van der Waals surface area contributed by atoms with Crippen molar-refractivity contribution in [3.8, 4) is 0 Å². The molecule has 2 heterocycles. The molecule has 7 heteroatoms. The summed E-state index contributed by atoms with van der Waals surface area (Å²) in [7, 11) is 0. The van der Waals surface area contributed by atoms with Crippen LogP contribution in [0.2, 0.25) is 0 Å². The Labute approximate surface area is 153 Å². The number of aryl methyl sites for hydroxylation is 1. The van der Waals surface area contributed by atoms with E-state index in [-0.39, 0.29) is 5.91 Å². The van der Waals surface area contributed by atoms with Gasteiger partial charge in [0.25, 0.3) is 5.91 Å². The Morgan fingerprint density at radius 2 is 2.08 bits per heavy atom. The van der Waals surface area contributed by atoms with Crippen molar-refractivity contribution in [2.45, 2.75) is 13.5 Å². The lowest BCUT2D eigenvalue weighted by molar-refractivity contribution is 0.0946. The highest BCUT2D eigenvalue weighted by molar-refractivity contribution is 9.10. The summed E-state index contributed by atoms with van der Waals surface area (Å²) in [5.74, 6) is 0.108. The van der Waals surface area contributed by atoms with Gasteiger partial charge in [-0.3, -0.25) is 9.78 Å². The van der Waals surface area contributed by atoms with Gasteiger partial charge in [-0.2, -0.15) is 0 Å². The number of aromatic nitrogens is 3. The van der Waals surface area contributed by atoms with Crippen molar-refractivity contribution in [2.75, 3.05) is 5.32 Å². The fraction of sp³-hybridized carbons (Fsp3) is 0.111. The SMILES string of the molecule is Cc1cc(Nc2nccc(C(=O)NCc3cccnc3)n2)ccc1Br. The summed E-state index contributed by atoms with van der Waals surface area (Å²) in [5, 5.41) is 5.93. The summed E-state index contributed by atoms with van der Waals surface area (Å²) in [6, 6.07) is 11.1. The minimum Gasteiger partial charge on any atom is -0.347 e. The number of hydrogen-bond donors (Lipinski definition) is 2. The number of halogens is 1. The highest BCUT2D eigenvalue weighted by Gasteiger charge is 2.09. The third kappa shape index (κ3) is 4.60. The predicted molar refractivity (Wildman–Crippen MR) is 99.6 cm³/mol. The van der Waals surface area contributed by atoms with Gasteiger partial charge in [0.05, 0.1) is 0 Å². The molecule has 0 saturated heterocycles. The summed E-state index contributed by atoms with van der Waals surface area (Å²) >= 11 is 3.47. The van der Waals surface area contributed by atoms with Gasteiger partial charge in [-0.1, -0.05) is 22.0 Å². The number of anilines is 2. The lowest BCUT2D eigenvalue weighted by Gasteiger charge is -2.08. The minimum absolute atomic E-state index is 0.263. The van der Waals surface area contributed by atoms with Gasteiger partial charge >= 0.3 is 0 Å². The number of amides is 1. The Kier molecular flexibility index (Phi) is 5.35. The van der Waals surface area contributed by atoms with Crippen molar-refractivity contribution in [2.24, 2.45) is 0 Å². The number of rotatable bonds is 5. The summed E-state index contributed by atoms with van der Waals surface area (Å²) < 4.78 is 1.03. The van der Waals surface area contributed by atoms with Crippen LogP contribution in [0.4, 0.5) is 11.6 Å². The molecular formula is C18H16BrN5O. The quantitative estimate of drug-likeness (QED) is 0.687. The molecule has 0 atom stereocenters. The van der Waals surface area contributed by atoms with Gasteiger partial charge in [0.1, 0.15) is 5.69 Å². The largest absolute Gasteiger partial charge is 0.347 e. The first-order valence-electron chi connectivity index (χ1n) is 7.65. The van der Waals surface area contributed by atoms with E-state index in [0.29, 0.717) is 18.2 Å². The molecule has 1 aromatic carbocycles.